The highest BCUT2D eigenvalue weighted by molar-refractivity contribution is 5.76. The lowest BCUT2D eigenvalue weighted by atomic mass is 9.98. The second kappa shape index (κ2) is 7.11. The second-order valence-electron chi connectivity index (χ2n) is 6.21. The lowest BCUT2D eigenvalue weighted by molar-refractivity contribution is -0.143. The van der Waals surface area contributed by atoms with Crippen LogP contribution >= 0.6 is 0 Å². The number of hydrogen-bond donors (Lipinski definition) is 1. The Labute approximate surface area is 126 Å². The van der Waals surface area contributed by atoms with E-state index in [0.29, 0.717) is 25.6 Å². The molecular weight excluding hydrogens is 270 g/mol. The molecule has 6 nitrogen and oxygen atoms in total. The van der Waals surface area contributed by atoms with Gasteiger partial charge in [-0.05, 0) is 38.8 Å². The number of carboxylic acids is 1. The zero-order valence-corrected chi connectivity index (χ0v) is 13.1. The van der Waals surface area contributed by atoms with E-state index in [9.17, 15) is 9.59 Å². The molecule has 2 aliphatic rings. The Kier molecular flexibility index (Phi) is 5.45. The molecular formula is C15H27N3O3. The van der Waals surface area contributed by atoms with Gasteiger partial charge in [-0.1, -0.05) is 6.92 Å². The maximum absolute atomic E-state index is 12.5. The normalized spacial score (nSPS) is 26.9. The Morgan fingerprint density at radius 2 is 1.95 bits per heavy atom. The first-order valence-electron chi connectivity index (χ1n) is 7.99. The molecule has 0 bridgehead atoms. The molecule has 1 N–H and O–H groups in total. The third kappa shape index (κ3) is 3.87. The minimum Gasteiger partial charge on any atom is -0.481 e. The van der Waals surface area contributed by atoms with Gasteiger partial charge in [0.1, 0.15) is 0 Å². The maximum atomic E-state index is 12.5. The Balaban J connectivity index is 1.88. The average Bonchev–Trinajstić information content (AvgIpc) is 2.93. The standard InChI is InChI=1S/C15H27N3O3/c1-3-17-8-5-7-13(17)11-16(2)15(21)18-9-4-6-12(10-18)14(19)20/h12-13H,3-11H2,1-2H3,(H,19,20)/t12-,13?/m0/s1. The summed E-state index contributed by atoms with van der Waals surface area (Å²) in [5.41, 5.74) is 0. The highest BCUT2D eigenvalue weighted by atomic mass is 16.4. The van der Waals surface area contributed by atoms with Crippen LogP contribution in [-0.2, 0) is 4.79 Å². The van der Waals surface area contributed by atoms with Gasteiger partial charge in [-0.15, -0.1) is 0 Å². The van der Waals surface area contributed by atoms with E-state index in [0.717, 1.165) is 32.5 Å². The number of piperidine rings is 1. The van der Waals surface area contributed by atoms with E-state index in [-0.39, 0.29) is 6.03 Å². The molecule has 2 heterocycles. The van der Waals surface area contributed by atoms with Gasteiger partial charge < -0.3 is 14.9 Å². The maximum Gasteiger partial charge on any atom is 0.319 e. The molecule has 2 atom stereocenters. The summed E-state index contributed by atoms with van der Waals surface area (Å²) in [5, 5.41) is 9.11. The summed E-state index contributed by atoms with van der Waals surface area (Å²) in [4.78, 5) is 29.5. The molecule has 2 rings (SSSR count). The first kappa shape index (κ1) is 16.1. The van der Waals surface area contributed by atoms with E-state index in [4.69, 9.17) is 5.11 Å². The number of likely N-dealkylation sites (tertiary alicyclic amines) is 2. The predicted molar refractivity (Wildman–Crippen MR) is 80.2 cm³/mol. The van der Waals surface area contributed by atoms with Crippen LogP contribution in [0.2, 0.25) is 0 Å². The molecule has 0 aromatic rings. The highest BCUT2D eigenvalue weighted by Gasteiger charge is 2.31. The summed E-state index contributed by atoms with van der Waals surface area (Å²) < 4.78 is 0. The fourth-order valence-corrected chi connectivity index (χ4v) is 3.51. The van der Waals surface area contributed by atoms with E-state index >= 15 is 0 Å². The number of rotatable bonds is 4. The van der Waals surface area contributed by atoms with Gasteiger partial charge in [-0.3, -0.25) is 9.69 Å². The number of aliphatic carboxylic acids is 1. The zero-order valence-electron chi connectivity index (χ0n) is 13.1. The van der Waals surface area contributed by atoms with Crippen molar-refractivity contribution in [2.45, 2.75) is 38.6 Å². The highest BCUT2D eigenvalue weighted by Crippen LogP contribution is 2.20. The number of likely N-dealkylation sites (N-methyl/N-ethyl adjacent to an activating group) is 2. The molecule has 1 unspecified atom stereocenters. The lowest BCUT2D eigenvalue weighted by Gasteiger charge is -2.35. The topological polar surface area (TPSA) is 64.1 Å². The van der Waals surface area contributed by atoms with Crippen molar-refractivity contribution in [1.82, 2.24) is 14.7 Å². The number of amides is 2. The van der Waals surface area contributed by atoms with Crippen LogP contribution in [0.15, 0.2) is 0 Å². The van der Waals surface area contributed by atoms with Gasteiger partial charge in [0.05, 0.1) is 5.92 Å². The van der Waals surface area contributed by atoms with Crippen LogP contribution in [0.3, 0.4) is 0 Å². The van der Waals surface area contributed by atoms with Crippen molar-refractivity contribution in [3.05, 3.63) is 0 Å². The van der Waals surface area contributed by atoms with Gasteiger partial charge in [0.15, 0.2) is 0 Å². The molecule has 2 aliphatic heterocycles. The number of nitrogens with zero attached hydrogens (tertiary/aromatic N) is 3. The third-order valence-corrected chi connectivity index (χ3v) is 4.76. The summed E-state index contributed by atoms with van der Waals surface area (Å²) in [7, 11) is 1.83. The molecule has 0 aliphatic carbocycles. The van der Waals surface area contributed by atoms with Crippen molar-refractivity contribution in [1.29, 1.82) is 0 Å². The molecule has 120 valence electrons. The Hall–Kier alpha value is -1.30. The fourth-order valence-electron chi connectivity index (χ4n) is 3.51. The number of carbonyl (C=O) groups is 2. The van der Waals surface area contributed by atoms with Crippen LogP contribution in [0.5, 0.6) is 0 Å². The summed E-state index contributed by atoms with van der Waals surface area (Å²) in [6, 6.07) is 0.424. The predicted octanol–water partition coefficient (Wildman–Crippen LogP) is 1.32. The van der Waals surface area contributed by atoms with E-state index in [1.54, 1.807) is 9.80 Å². The van der Waals surface area contributed by atoms with Gasteiger partial charge >= 0.3 is 12.0 Å². The van der Waals surface area contributed by atoms with Crippen molar-refractivity contribution in [2.24, 2.45) is 5.92 Å². The molecule has 0 spiro atoms. The largest absolute Gasteiger partial charge is 0.481 e. The Bertz CT molecular complexity index is 388. The van der Waals surface area contributed by atoms with Gasteiger partial charge in [0, 0.05) is 32.7 Å². The van der Waals surface area contributed by atoms with E-state index in [1.165, 1.54) is 6.42 Å². The van der Waals surface area contributed by atoms with Crippen LogP contribution in [0.4, 0.5) is 4.79 Å². The van der Waals surface area contributed by atoms with Crippen molar-refractivity contribution in [2.75, 3.05) is 39.8 Å². The van der Waals surface area contributed by atoms with Crippen LogP contribution in [0.1, 0.15) is 32.6 Å². The van der Waals surface area contributed by atoms with Gasteiger partial charge in [-0.2, -0.15) is 0 Å². The smallest absolute Gasteiger partial charge is 0.319 e. The molecule has 2 saturated heterocycles. The van der Waals surface area contributed by atoms with Gasteiger partial charge in [-0.25, -0.2) is 4.79 Å². The van der Waals surface area contributed by atoms with Crippen LogP contribution in [0, 0.1) is 5.92 Å². The molecule has 2 amide bonds. The number of hydrogen-bond acceptors (Lipinski definition) is 3. The SMILES string of the molecule is CCN1CCCC1CN(C)C(=O)N1CCC[C@H](C(=O)O)C1. The molecule has 0 saturated carbocycles. The fraction of sp³-hybridized carbons (Fsp3) is 0.867. The molecule has 2 fully saturated rings. The van der Waals surface area contributed by atoms with Crippen molar-refractivity contribution in [3.8, 4) is 0 Å². The molecule has 21 heavy (non-hydrogen) atoms. The lowest BCUT2D eigenvalue weighted by Crippen LogP contribution is -2.50. The van der Waals surface area contributed by atoms with Crippen molar-refractivity contribution in [3.63, 3.8) is 0 Å². The average molecular weight is 297 g/mol. The first-order chi connectivity index (χ1) is 10.0. The summed E-state index contributed by atoms with van der Waals surface area (Å²) in [6.45, 7) is 6.06. The van der Waals surface area contributed by atoms with Crippen LogP contribution in [0.25, 0.3) is 0 Å². The second-order valence-corrected chi connectivity index (χ2v) is 6.21. The van der Waals surface area contributed by atoms with E-state index in [1.807, 2.05) is 7.05 Å². The van der Waals surface area contributed by atoms with Gasteiger partial charge in [0.2, 0.25) is 0 Å². The minimum absolute atomic E-state index is 0.0242. The summed E-state index contributed by atoms with van der Waals surface area (Å²) in [5.74, 6) is -1.20. The van der Waals surface area contributed by atoms with Crippen molar-refractivity contribution < 1.29 is 14.7 Å². The minimum atomic E-state index is -0.789. The number of carboxylic acid groups (broad SMARTS) is 1. The van der Waals surface area contributed by atoms with Gasteiger partial charge in [0.25, 0.3) is 0 Å². The molecule has 0 aromatic carbocycles. The number of carbonyl (C=O) groups excluding carboxylic acids is 1. The molecule has 6 heteroatoms. The monoisotopic (exact) mass is 297 g/mol. The summed E-state index contributed by atoms with van der Waals surface area (Å²) >= 11 is 0. The molecule has 0 radical (unpaired) electrons. The summed E-state index contributed by atoms with van der Waals surface area (Å²) in [6.07, 6.45) is 3.80. The van der Waals surface area contributed by atoms with Crippen LogP contribution < -0.4 is 0 Å². The van der Waals surface area contributed by atoms with E-state index < -0.39 is 11.9 Å². The van der Waals surface area contributed by atoms with Crippen LogP contribution in [-0.4, -0.2) is 77.6 Å². The Morgan fingerprint density at radius 1 is 1.24 bits per heavy atom. The first-order valence-corrected chi connectivity index (χ1v) is 7.99. The Morgan fingerprint density at radius 3 is 2.62 bits per heavy atom. The van der Waals surface area contributed by atoms with E-state index in [2.05, 4.69) is 11.8 Å². The molecule has 0 aromatic heterocycles. The number of urea groups is 1. The van der Waals surface area contributed by atoms with Crippen molar-refractivity contribution >= 4 is 12.0 Å². The zero-order chi connectivity index (χ0) is 15.4. The quantitative estimate of drug-likeness (QED) is 0.850. The third-order valence-electron chi connectivity index (χ3n) is 4.76.